The Morgan fingerprint density at radius 2 is 2.12 bits per heavy atom. The summed E-state index contributed by atoms with van der Waals surface area (Å²) in [6, 6.07) is 7.05. The van der Waals surface area contributed by atoms with Gasteiger partial charge in [-0.05, 0) is 19.4 Å². The molecule has 0 aliphatic carbocycles. The second kappa shape index (κ2) is 6.25. The van der Waals surface area contributed by atoms with Gasteiger partial charge in [-0.25, -0.2) is 0 Å². The minimum Gasteiger partial charge on any atom is -0.496 e. The van der Waals surface area contributed by atoms with Crippen molar-refractivity contribution in [1.29, 1.82) is 0 Å². The average molecular weight is 236 g/mol. The summed E-state index contributed by atoms with van der Waals surface area (Å²) in [5.41, 5.74) is 6.62. The summed E-state index contributed by atoms with van der Waals surface area (Å²) in [5.74, 6) is 0.635. The molecule has 0 heterocycles. The van der Waals surface area contributed by atoms with E-state index in [2.05, 4.69) is 5.32 Å². The molecule has 3 N–H and O–H groups in total. The molecule has 94 valence electrons. The first kappa shape index (κ1) is 13.5. The van der Waals surface area contributed by atoms with Crippen molar-refractivity contribution in [3.05, 3.63) is 29.8 Å². The van der Waals surface area contributed by atoms with Crippen LogP contribution in [-0.4, -0.2) is 19.1 Å². The van der Waals surface area contributed by atoms with Crippen LogP contribution in [0.1, 0.15) is 31.9 Å². The third-order valence-electron chi connectivity index (χ3n) is 2.74. The second-order valence-corrected chi connectivity index (χ2v) is 3.99. The zero-order valence-corrected chi connectivity index (χ0v) is 10.6. The Hall–Kier alpha value is -1.55. The van der Waals surface area contributed by atoms with E-state index in [0.717, 1.165) is 11.3 Å². The normalized spacial score (nSPS) is 13.9. The topological polar surface area (TPSA) is 64.4 Å². The largest absolute Gasteiger partial charge is 0.496 e. The maximum absolute atomic E-state index is 11.7. The Balaban J connectivity index is 2.76. The highest BCUT2D eigenvalue weighted by Crippen LogP contribution is 2.24. The van der Waals surface area contributed by atoms with Crippen LogP contribution in [0.5, 0.6) is 5.75 Å². The summed E-state index contributed by atoms with van der Waals surface area (Å²) in [6.07, 6.45) is 0.629. The number of para-hydroxylation sites is 1. The fraction of sp³-hybridized carbons (Fsp3) is 0.462. The predicted octanol–water partition coefficient (Wildman–Crippen LogP) is 1.61. The number of rotatable bonds is 5. The van der Waals surface area contributed by atoms with Crippen molar-refractivity contribution in [3.63, 3.8) is 0 Å². The van der Waals surface area contributed by atoms with Gasteiger partial charge in [0, 0.05) is 5.56 Å². The molecule has 4 nitrogen and oxygen atoms in total. The molecule has 0 saturated carbocycles. The van der Waals surface area contributed by atoms with Gasteiger partial charge in [-0.2, -0.15) is 0 Å². The van der Waals surface area contributed by atoms with Crippen LogP contribution in [0.3, 0.4) is 0 Å². The molecule has 1 aromatic rings. The molecule has 0 saturated heterocycles. The standard InChI is InChI=1S/C13H20N2O2/c1-4-11(14)13(16)15-9(2)10-7-5-6-8-12(10)17-3/h5-9,11H,4,14H2,1-3H3,(H,15,16)/t9-,11+/m1/s1. The maximum atomic E-state index is 11.7. The van der Waals surface area contributed by atoms with E-state index in [4.69, 9.17) is 10.5 Å². The lowest BCUT2D eigenvalue weighted by Gasteiger charge is -2.19. The Morgan fingerprint density at radius 1 is 1.47 bits per heavy atom. The predicted molar refractivity (Wildman–Crippen MR) is 67.8 cm³/mol. The number of ether oxygens (including phenoxy) is 1. The van der Waals surface area contributed by atoms with Crippen LogP contribution in [0.2, 0.25) is 0 Å². The highest BCUT2D eigenvalue weighted by atomic mass is 16.5. The van der Waals surface area contributed by atoms with E-state index >= 15 is 0 Å². The van der Waals surface area contributed by atoms with E-state index in [9.17, 15) is 4.79 Å². The van der Waals surface area contributed by atoms with Crippen molar-refractivity contribution in [2.75, 3.05) is 7.11 Å². The molecule has 1 amide bonds. The first-order valence-corrected chi connectivity index (χ1v) is 5.79. The van der Waals surface area contributed by atoms with Gasteiger partial charge in [0.15, 0.2) is 0 Å². The molecule has 2 atom stereocenters. The third-order valence-corrected chi connectivity index (χ3v) is 2.74. The lowest BCUT2D eigenvalue weighted by atomic mass is 10.1. The van der Waals surface area contributed by atoms with Gasteiger partial charge in [0.2, 0.25) is 5.91 Å². The summed E-state index contributed by atoms with van der Waals surface area (Å²) in [6.45, 7) is 3.80. The Labute approximate surface area is 102 Å². The molecule has 0 aromatic heterocycles. The minimum absolute atomic E-state index is 0.115. The molecule has 4 heteroatoms. The number of benzene rings is 1. The molecule has 0 spiro atoms. The van der Waals surface area contributed by atoms with Gasteiger partial charge in [-0.3, -0.25) is 4.79 Å². The van der Waals surface area contributed by atoms with Gasteiger partial charge < -0.3 is 15.8 Å². The quantitative estimate of drug-likeness (QED) is 0.816. The van der Waals surface area contributed by atoms with Crippen LogP contribution in [0.4, 0.5) is 0 Å². The first-order chi connectivity index (χ1) is 8.10. The molecular formula is C13H20N2O2. The van der Waals surface area contributed by atoms with Gasteiger partial charge in [-0.1, -0.05) is 25.1 Å². The number of carbonyl (C=O) groups is 1. The number of nitrogens with one attached hydrogen (secondary N) is 1. The number of methoxy groups -OCH3 is 1. The van der Waals surface area contributed by atoms with Crippen molar-refractivity contribution < 1.29 is 9.53 Å². The Morgan fingerprint density at radius 3 is 2.71 bits per heavy atom. The monoisotopic (exact) mass is 236 g/mol. The van der Waals surface area contributed by atoms with E-state index in [1.807, 2.05) is 38.1 Å². The van der Waals surface area contributed by atoms with Crippen molar-refractivity contribution in [1.82, 2.24) is 5.32 Å². The maximum Gasteiger partial charge on any atom is 0.237 e. The minimum atomic E-state index is -0.452. The molecule has 0 fully saturated rings. The summed E-state index contributed by atoms with van der Waals surface area (Å²) in [4.78, 5) is 11.7. The third kappa shape index (κ3) is 3.46. The van der Waals surface area contributed by atoms with Crippen LogP contribution in [0.25, 0.3) is 0 Å². The molecule has 0 bridgehead atoms. The van der Waals surface area contributed by atoms with Crippen molar-refractivity contribution >= 4 is 5.91 Å². The SMILES string of the molecule is CC[C@H](N)C(=O)N[C@H](C)c1ccccc1OC. The van der Waals surface area contributed by atoms with E-state index < -0.39 is 6.04 Å². The summed E-state index contributed by atoms with van der Waals surface area (Å²) in [5, 5.41) is 2.88. The van der Waals surface area contributed by atoms with Crippen molar-refractivity contribution in [3.8, 4) is 5.75 Å². The van der Waals surface area contributed by atoms with E-state index in [0.29, 0.717) is 6.42 Å². The zero-order valence-electron chi connectivity index (χ0n) is 10.6. The van der Waals surface area contributed by atoms with E-state index in [1.165, 1.54) is 0 Å². The van der Waals surface area contributed by atoms with Gasteiger partial charge in [-0.15, -0.1) is 0 Å². The van der Waals surface area contributed by atoms with Crippen molar-refractivity contribution in [2.45, 2.75) is 32.4 Å². The molecule has 0 unspecified atom stereocenters. The van der Waals surface area contributed by atoms with E-state index in [1.54, 1.807) is 7.11 Å². The zero-order chi connectivity index (χ0) is 12.8. The molecule has 1 rings (SSSR count). The highest BCUT2D eigenvalue weighted by Gasteiger charge is 2.16. The van der Waals surface area contributed by atoms with Gasteiger partial charge in [0.05, 0.1) is 19.2 Å². The molecule has 17 heavy (non-hydrogen) atoms. The molecule has 0 aliphatic rings. The number of nitrogens with two attached hydrogens (primary N) is 1. The average Bonchev–Trinajstić information content (AvgIpc) is 2.37. The number of hydrogen-bond acceptors (Lipinski definition) is 3. The second-order valence-electron chi connectivity index (χ2n) is 3.99. The van der Waals surface area contributed by atoms with E-state index in [-0.39, 0.29) is 11.9 Å². The van der Waals surface area contributed by atoms with Gasteiger partial charge in [0.1, 0.15) is 5.75 Å². The summed E-state index contributed by atoms with van der Waals surface area (Å²) in [7, 11) is 1.62. The summed E-state index contributed by atoms with van der Waals surface area (Å²) >= 11 is 0. The molecule has 1 aromatic carbocycles. The fourth-order valence-corrected chi connectivity index (χ4v) is 1.61. The highest BCUT2D eigenvalue weighted by molar-refractivity contribution is 5.81. The lowest BCUT2D eigenvalue weighted by Crippen LogP contribution is -2.41. The fourth-order valence-electron chi connectivity index (χ4n) is 1.61. The van der Waals surface area contributed by atoms with Crippen LogP contribution >= 0.6 is 0 Å². The van der Waals surface area contributed by atoms with Gasteiger partial charge in [0.25, 0.3) is 0 Å². The van der Waals surface area contributed by atoms with Crippen LogP contribution in [0, 0.1) is 0 Å². The van der Waals surface area contributed by atoms with Crippen LogP contribution in [0.15, 0.2) is 24.3 Å². The van der Waals surface area contributed by atoms with Gasteiger partial charge >= 0.3 is 0 Å². The lowest BCUT2D eigenvalue weighted by molar-refractivity contribution is -0.123. The number of hydrogen-bond donors (Lipinski definition) is 2. The number of carbonyl (C=O) groups excluding carboxylic acids is 1. The molecule has 0 aliphatic heterocycles. The molecular weight excluding hydrogens is 216 g/mol. The van der Waals surface area contributed by atoms with Crippen LogP contribution < -0.4 is 15.8 Å². The smallest absolute Gasteiger partial charge is 0.237 e. The first-order valence-electron chi connectivity index (χ1n) is 5.79. The number of amides is 1. The Bertz CT molecular complexity index is 379. The summed E-state index contributed by atoms with van der Waals surface area (Å²) < 4.78 is 5.25. The van der Waals surface area contributed by atoms with Crippen molar-refractivity contribution in [2.24, 2.45) is 5.73 Å². The molecule has 0 radical (unpaired) electrons. The van der Waals surface area contributed by atoms with Crippen LogP contribution in [-0.2, 0) is 4.79 Å². The Kier molecular flexibility index (Phi) is 4.97.